The van der Waals surface area contributed by atoms with Crippen LogP contribution < -0.4 is 14.8 Å². The van der Waals surface area contributed by atoms with Crippen LogP contribution in [0.15, 0.2) is 53.7 Å². The number of carboxylic acid groups (broad SMARTS) is 1. The standard InChI is InChI=1S/C19H16N4O4S/c1-28-19-21-18-16(22-23-19)11-6-2-4-8-13(11)20-17(27-18)12-7-3-5-9-14(12)26-10-15(24)25/h2-9,17,20H,10H2,1H3,(H,24,25)/t17-/m1/s1. The fourth-order valence-electron chi connectivity index (χ4n) is 2.84. The molecule has 0 bridgehead atoms. The third kappa shape index (κ3) is 3.56. The fraction of sp³-hybridized carbons (Fsp3) is 0.158. The number of carbonyl (C=O) groups is 1. The molecule has 3 aromatic rings. The highest BCUT2D eigenvalue weighted by atomic mass is 32.2. The molecular formula is C19H16N4O4S. The molecule has 0 radical (unpaired) electrons. The Morgan fingerprint density at radius 1 is 1.21 bits per heavy atom. The second kappa shape index (κ2) is 7.73. The molecule has 2 heterocycles. The summed E-state index contributed by atoms with van der Waals surface area (Å²) >= 11 is 1.37. The van der Waals surface area contributed by atoms with Gasteiger partial charge in [-0.15, -0.1) is 10.2 Å². The predicted molar refractivity (Wildman–Crippen MR) is 104 cm³/mol. The number of hydrogen-bond acceptors (Lipinski definition) is 8. The minimum atomic E-state index is -1.05. The van der Waals surface area contributed by atoms with Gasteiger partial charge in [0.15, 0.2) is 12.3 Å². The molecule has 8 nitrogen and oxygen atoms in total. The van der Waals surface area contributed by atoms with Crippen LogP contribution in [0, 0.1) is 0 Å². The van der Waals surface area contributed by atoms with Crippen LogP contribution in [0.1, 0.15) is 11.8 Å². The van der Waals surface area contributed by atoms with E-state index in [-0.39, 0.29) is 0 Å². The van der Waals surface area contributed by atoms with E-state index < -0.39 is 18.8 Å². The number of para-hydroxylation sites is 2. The Morgan fingerprint density at radius 3 is 2.82 bits per heavy atom. The lowest BCUT2D eigenvalue weighted by atomic mass is 10.1. The summed E-state index contributed by atoms with van der Waals surface area (Å²) in [4.78, 5) is 15.4. The van der Waals surface area contributed by atoms with Crippen molar-refractivity contribution in [3.05, 3.63) is 54.1 Å². The third-order valence-corrected chi connectivity index (χ3v) is 4.61. The Morgan fingerprint density at radius 2 is 2.00 bits per heavy atom. The number of anilines is 1. The Kier molecular flexibility index (Phi) is 4.98. The SMILES string of the molecule is CSc1nnc2c(n1)O[C@H](c1ccccc1OCC(=O)O)Nc1ccccc1-2. The number of nitrogens with one attached hydrogen (secondary N) is 1. The monoisotopic (exact) mass is 396 g/mol. The molecule has 0 amide bonds. The van der Waals surface area contributed by atoms with Crippen molar-refractivity contribution in [1.82, 2.24) is 15.2 Å². The number of nitrogens with zero attached hydrogens (tertiary/aromatic N) is 3. The van der Waals surface area contributed by atoms with Gasteiger partial charge in [0.25, 0.3) is 0 Å². The first-order chi connectivity index (χ1) is 13.7. The van der Waals surface area contributed by atoms with Crippen LogP contribution >= 0.6 is 11.8 Å². The summed E-state index contributed by atoms with van der Waals surface area (Å²) in [6, 6.07) is 14.7. The number of benzene rings is 2. The quantitative estimate of drug-likeness (QED) is 0.629. The van der Waals surface area contributed by atoms with Crippen molar-refractivity contribution < 1.29 is 19.4 Å². The highest BCUT2D eigenvalue weighted by molar-refractivity contribution is 7.98. The van der Waals surface area contributed by atoms with E-state index in [1.54, 1.807) is 12.1 Å². The zero-order chi connectivity index (χ0) is 19.5. The molecule has 0 unspecified atom stereocenters. The van der Waals surface area contributed by atoms with Gasteiger partial charge in [-0.3, -0.25) is 0 Å². The number of fused-ring (bicyclic) bond motifs is 3. The van der Waals surface area contributed by atoms with E-state index in [2.05, 4.69) is 20.5 Å². The normalized spacial score (nSPS) is 14.7. The van der Waals surface area contributed by atoms with E-state index in [4.69, 9.17) is 14.6 Å². The largest absolute Gasteiger partial charge is 0.481 e. The van der Waals surface area contributed by atoms with Crippen molar-refractivity contribution >= 4 is 23.4 Å². The molecule has 0 spiro atoms. The molecule has 1 aliphatic heterocycles. The summed E-state index contributed by atoms with van der Waals surface area (Å²) in [7, 11) is 0. The molecule has 28 heavy (non-hydrogen) atoms. The number of rotatable bonds is 5. The zero-order valence-electron chi connectivity index (χ0n) is 14.8. The van der Waals surface area contributed by atoms with Crippen molar-refractivity contribution in [3.63, 3.8) is 0 Å². The van der Waals surface area contributed by atoms with Gasteiger partial charge in [-0.1, -0.05) is 42.1 Å². The first-order valence-corrected chi connectivity index (χ1v) is 9.63. The minimum Gasteiger partial charge on any atom is -0.481 e. The van der Waals surface area contributed by atoms with Crippen LogP contribution in [0.2, 0.25) is 0 Å². The molecule has 0 saturated carbocycles. The average molecular weight is 396 g/mol. The number of thioether (sulfide) groups is 1. The van der Waals surface area contributed by atoms with Crippen molar-refractivity contribution in [1.29, 1.82) is 0 Å². The van der Waals surface area contributed by atoms with E-state index >= 15 is 0 Å². The van der Waals surface area contributed by atoms with E-state index in [1.807, 2.05) is 42.7 Å². The van der Waals surface area contributed by atoms with Crippen LogP contribution in [-0.2, 0) is 4.79 Å². The number of hydrogen-bond donors (Lipinski definition) is 2. The number of ether oxygens (including phenoxy) is 2. The molecular weight excluding hydrogens is 380 g/mol. The van der Waals surface area contributed by atoms with Gasteiger partial charge < -0.3 is 19.9 Å². The van der Waals surface area contributed by atoms with Crippen LogP contribution in [0.25, 0.3) is 11.3 Å². The van der Waals surface area contributed by atoms with E-state index in [9.17, 15) is 4.79 Å². The molecule has 1 atom stereocenters. The summed E-state index contributed by atoms with van der Waals surface area (Å²) in [5.41, 5.74) is 2.80. The summed E-state index contributed by atoms with van der Waals surface area (Å²) in [5, 5.41) is 21.2. The molecule has 1 aliphatic rings. The molecule has 0 aliphatic carbocycles. The van der Waals surface area contributed by atoms with Crippen LogP contribution in [0.3, 0.4) is 0 Å². The third-order valence-electron chi connectivity index (χ3n) is 4.07. The van der Waals surface area contributed by atoms with E-state index in [1.165, 1.54) is 11.8 Å². The van der Waals surface area contributed by atoms with Crippen LogP contribution in [0.5, 0.6) is 11.6 Å². The second-order valence-corrected chi connectivity index (χ2v) is 6.63. The molecule has 2 N–H and O–H groups in total. The maximum atomic E-state index is 10.9. The lowest BCUT2D eigenvalue weighted by molar-refractivity contribution is -0.139. The lowest BCUT2D eigenvalue weighted by Crippen LogP contribution is -2.19. The Balaban J connectivity index is 1.79. The predicted octanol–water partition coefficient (Wildman–Crippen LogP) is 3.23. The molecule has 142 valence electrons. The van der Waals surface area contributed by atoms with Gasteiger partial charge in [0.2, 0.25) is 17.3 Å². The molecule has 0 fully saturated rings. The Hall–Kier alpha value is -3.33. The van der Waals surface area contributed by atoms with Crippen molar-refractivity contribution in [2.75, 3.05) is 18.2 Å². The van der Waals surface area contributed by atoms with Gasteiger partial charge in [-0.05, 0) is 24.5 Å². The maximum Gasteiger partial charge on any atom is 0.341 e. The summed E-state index contributed by atoms with van der Waals surface area (Å²) < 4.78 is 11.6. The van der Waals surface area contributed by atoms with Crippen molar-refractivity contribution in [2.45, 2.75) is 11.4 Å². The van der Waals surface area contributed by atoms with E-state index in [0.29, 0.717) is 28.0 Å². The van der Waals surface area contributed by atoms with Crippen LogP contribution in [-0.4, -0.2) is 39.1 Å². The second-order valence-electron chi connectivity index (χ2n) is 5.86. The van der Waals surface area contributed by atoms with Crippen molar-refractivity contribution in [3.8, 4) is 22.9 Å². The topological polar surface area (TPSA) is 106 Å². The van der Waals surface area contributed by atoms with Gasteiger partial charge in [0, 0.05) is 11.3 Å². The Labute approximate surface area is 164 Å². The average Bonchev–Trinajstić information content (AvgIpc) is 2.88. The first kappa shape index (κ1) is 18.1. The zero-order valence-corrected chi connectivity index (χ0v) is 15.6. The number of aliphatic carboxylic acids is 1. The number of carboxylic acids is 1. The molecule has 0 saturated heterocycles. The lowest BCUT2D eigenvalue weighted by Gasteiger charge is -2.21. The van der Waals surface area contributed by atoms with Gasteiger partial charge in [0.1, 0.15) is 5.75 Å². The van der Waals surface area contributed by atoms with Gasteiger partial charge in [-0.25, -0.2) is 4.79 Å². The number of aromatic nitrogens is 3. The highest BCUT2D eigenvalue weighted by Gasteiger charge is 2.27. The molecule has 2 aromatic carbocycles. The van der Waals surface area contributed by atoms with Gasteiger partial charge in [-0.2, -0.15) is 4.98 Å². The smallest absolute Gasteiger partial charge is 0.341 e. The van der Waals surface area contributed by atoms with Crippen LogP contribution in [0.4, 0.5) is 5.69 Å². The van der Waals surface area contributed by atoms with Gasteiger partial charge in [0.05, 0.1) is 5.56 Å². The van der Waals surface area contributed by atoms with Gasteiger partial charge >= 0.3 is 5.97 Å². The molecule has 1 aromatic heterocycles. The maximum absolute atomic E-state index is 10.9. The summed E-state index contributed by atoms with van der Waals surface area (Å²) in [6.07, 6.45) is 1.21. The highest BCUT2D eigenvalue weighted by Crippen LogP contribution is 2.40. The minimum absolute atomic E-state index is 0.342. The summed E-state index contributed by atoms with van der Waals surface area (Å²) in [6.45, 7) is -0.447. The Bertz CT molecular complexity index is 1030. The fourth-order valence-corrected chi connectivity index (χ4v) is 3.14. The first-order valence-electron chi connectivity index (χ1n) is 8.40. The van der Waals surface area contributed by atoms with Crippen molar-refractivity contribution in [2.24, 2.45) is 0 Å². The molecule has 4 rings (SSSR count). The molecule has 9 heteroatoms. The van der Waals surface area contributed by atoms with E-state index in [0.717, 1.165) is 11.3 Å². The summed E-state index contributed by atoms with van der Waals surface area (Å²) in [5.74, 6) is -0.299.